The second-order valence-corrected chi connectivity index (χ2v) is 7.10. The van der Waals surface area contributed by atoms with Gasteiger partial charge in [0.1, 0.15) is 0 Å². The number of rotatable bonds is 4. The number of benzene rings is 2. The molecule has 2 aromatic carbocycles. The highest BCUT2D eigenvalue weighted by Gasteiger charge is 2.43. The zero-order valence-corrected chi connectivity index (χ0v) is 15.7. The van der Waals surface area contributed by atoms with Gasteiger partial charge in [0.25, 0.3) is 0 Å². The van der Waals surface area contributed by atoms with Gasteiger partial charge in [-0.2, -0.15) is 0 Å². The first-order valence-corrected chi connectivity index (χ1v) is 9.62. The van der Waals surface area contributed by atoms with E-state index in [0.717, 1.165) is 28.1 Å². The van der Waals surface area contributed by atoms with Gasteiger partial charge in [-0.05, 0) is 47.0 Å². The van der Waals surface area contributed by atoms with Crippen molar-refractivity contribution in [2.24, 2.45) is 0 Å². The molecular formula is C25H19N3O. The average Bonchev–Trinajstić information content (AvgIpc) is 3.08. The van der Waals surface area contributed by atoms with Crippen LogP contribution in [0.15, 0.2) is 104 Å². The molecule has 4 heteroatoms. The van der Waals surface area contributed by atoms with Crippen molar-refractivity contribution < 1.29 is 4.79 Å². The van der Waals surface area contributed by atoms with Gasteiger partial charge in [0.15, 0.2) is 0 Å². The van der Waals surface area contributed by atoms with Crippen molar-refractivity contribution in [3.05, 3.63) is 120 Å². The van der Waals surface area contributed by atoms with Gasteiger partial charge in [0, 0.05) is 36.4 Å². The number of anilines is 2. The summed E-state index contributed by atoms with van der Waals surface area (Å²) in [4.78, 5) is 24.3. The Balaban J connectivity index is 1.70. The Bertz CT molecular complexity index is 1090. The number of fused-ring (bicyclic) bond motifs is 1. The van der Waals surface area contributed by atoms with Crippen LogP contribution in [0.3, 0.4) is 0 Å². The Labute approximate surface area is 169 Å². The Hall–Kier alpha value is -3.79. The van der Waals surface area contributed by atoms with Crippen LogP contribution in [-0.2, 0) is 4.79 Å². The summed E-state index contributed by atoms with van der Waals surface area (Å²) in [6.45, 7) is 0. The van der Waals surface area contributed by atoms with Gasteiger partial charge in [-0.1, -0.05) is 48.5 Å². The van der Waals surface area contributed by atoms with Crippen molar-refractivity contribution in [1.29, 1.82) is 0 Å². The third-order valence-corrected chi connectivity index (χ3v) is 5.43. The van der Waals surface area contributed by atoms with Crippen molar-refractivity contribution in [2.75, 3.05) is 4.90 Å². The molecule has 2 aromatic heterocycles. The summed E-state index contributed by atoms with van der Waals surface area (Å²) in [5.41, 5.74) is 4.85. The van der Waals surface area contributed by atoms with Crippen LogP contribution in [0.1, 0.15) is 28.5 Å². The van der Waals surface area contributed by atoms with Gasteiger partial charge in [0.05, 0.1) is 11.6 Å². The minimum atomic E-state index is -0.347. The lowest BCUT2D eigenvalue weighted by Gasteiger charge is -2.24. The summed E-state index contributed by atoms with van der Waals surface area (Å²) in [5.74, 6) is -0.449. The Kier molecular flexibility index (Phi) is 4.37. The maximum absolute atomic E-state index is 13.8. The number of carbonyl (C=O) groups is 1. The molecular weight excluding hydrogens is 358 g/mol. The first-order valence-electron chi connectivity index (χ1n) is 9.62. The number of hydrogen-bond donors (Lipinski definition) is 0. The lowest BCUT2D eigenvalue weighted by Crippen LogP contribution is -2.27. The minimum absolute atomic E-state index is 0.0649. The number of hydrogen-bond acceptors (Lipinski definition) is 3. The van der Waals surface area contributed by atoms with Crippen LogP contribution >= 0.6 is 0 Å². The second-order valence-electron chi connectivity index (χ2n) is 7.10. The van der Waals surface area contributed by atoms with Gasteiger partial charge in [0.2, 0.25) is 5.91 Å². The van der Waals surface area contributed by atoms with Crippen molar-refractivity contribution in [3.8, 4) is 0 Å². The Morgan fingerprint density at radius 1 is 0.724 bits per heavy atom. The van der Waals surface area contributed by atoms with Crippen LogP contribution in [0.4, 0.5) is 11.4 Å². The van der Waals surface area contributed by atoms with Crippen LogP contribution in [0.2, 0.25) is 0 Å². The molecule has 0 saturated heterocycles. The summed E-state index contributed by atoms with van der Waals surface area (Å²) in [5, 5.41) is 0. The van der Waals surface area contributed by atoms with Gasteiger partial charge in [-0.3, -0.25) is 19.7 Å². The van der Waals surface area contributed by atoms with Crippen LogP contribution in [0.5, 0.6) is 0 Å². The molecule has 0 radical (unpaired) electrons. The monoisotopic (exact) mass is 377 g/mol. The number of para-hydroxylation sites is 2. The van der Waals surface area contributed by atoms with Crippen LogP contribution in [0.25, 0.3) is 0 Å². The molecule has 0 spiro atoms. The van der Waals surface area contributed by atoms with E-state index in [-0.39, 0.29) is 17.7 Å². The number of pyridine rings is 2. The molecule has 1 aliphatic rings. The van der Waals surface area contributed by atoms with E-state index in [0.29, 0.717) is 0 Å². The minimum Gasteiger partial charge on any atom is -0.280 e. The summed E-state index contributed by atoms with van der Waals surface area (Å²) >= 11 is 0. The summed E-state index contributed by atoms with van der Waals surface area (Å²) in [6.07, 6.45) is 7.20. The predicted molar refractivity (Wildman–Crippen MR) is 113 cm³/mol. The molecule has 0 saturated carbocycles. The Morgan fingerprint density at radius 3 is 1.97 bits per heavy atom. The third-order valence-electron chi connectivity index (χ3n) is 5.43. The van der Waals surface area contributed by atoms with E-state index in [9.17, 15) is 4.79 Å². The molecule has 0 N–H and O–H groups in total. The number of amides is 1. The van der Waals surface area contributed by atoms with E-state index in [4.69, 9.17) is 0 Å². The fourth-order valence-corrected chi connectivity index (χ4v) is 4.21. The van der Waals surface area contributed by atoms with E-state index in [1.807, 2.05) is 90.1 Å². The molecule has 140 valence electrons. The molecule has 1 aliphatic heterocycles. The molecule has 0 bridgehead atoms. The molecule has 4 nitrogen and oxygen atoms in total. The first-order chi connectivity index (χ1) is 14.3. The SMILES string of the molecule is O=C1C(C(c2cccnc2)c2cccnc2)c2ccccc2N1c1ccccc1. The standard InChI is InChI=1S/C25H19N3O/c29-25-24(23(18-8-6-14-26-16-18)19-9-7-15-27-17-19)21-12-4-5-13-22(21)28(25)20-10-2-1-3-11-20/h1-17,23-24H. The second kappa shape index (κ2) is 7.32. The maximum atomic E-state index is 13.8. The van der Waals surface area contributed by atoms with Gasteiger partial charge < -0.3 is 0 Å². The van der Waals surface area contributed by atoms with Gasteiger partial charge >= 0.3 is 0 Å². The molecule has 1 amide bonds. The fourth-order valence-electron chi connectivity index (χ4n) is 4.21. The first kappa shape index (κ1) is 17.3. The molecule has 1 unspecified atom stereocenters. The van der Waals surface area contributed by atoms with E-state index < -0.39 is 0 Å². The number of nitrogens with zero attached hydrogens (tertiary/aromatic N) is 3. The lowest BCUT2D eigenvalue weighted by atomic mass is 9.79. The Morgan fingerprint density at radius 2 is 1.34 bits per heavy atom. The van der Waals surface area contributed by atoms with Crippen molar-refractivity contribution in [2.45, 2.75) is 11.8 Å². The van der Waals surface area contributed by atoms with E-state index >= 15 is 0 Å². The zero-order chi connectivity index (χ0) is 19.6. The highest BCUT2D eigenvalue weighted by Crippen LogP contribution is 2.49. The summed E-state index contributed by atoms with van der Waals surface area (Å²) in [6, 6.07) is 25.8. The molecule has 3 heterocycles. The highest BCUT2D eigenvalue weighted by atomic mass is 16.2. The predicted octanol–water partition coefficient (Wildman–Crippen LogP) is 5.07. The molecule has 1 atom stereocenters. The lowest BCUT2D eigenvalue weighted by molar-refractivity contribution is -0.118. The third kappa shape index (κ3) is 2.99. The van der Waals surface area contributed by atoms with Crippen molar-refractivity contribution in [1.82, 2.24) is 9.97 Å². The molecule has 0 aliphatic carbocycles. The number of aromatic nitrogens is 2. The maximum Gasteiger partial charge on any atom is 0.240 e. The van der Waals surface area contributed by atoms with E-state index in [2.05, 4.69) is 16.0 Å². The van der Waals surface area contributed by atoms with E-state index in [1.54, 1.807) is 12.4 Å². The largest absolute Gasteiger partial charge is 0.280 e. The molecule has 29 heavy (non-hydrogen) atoms. The smallest absolute Gasteiger partial charge is 0.240 e. The van der Waals surface area contributed by atoms with Crippen molar-refractivity contribution in [3.63, 3.8) is 0 Å². The fraction of sp³-hybridized carbons (Fsp3) is 0.0800. The molecule has 4 aromatic rings. The average molecular weight is 377 g/mol. The zero-order valence-electron chi connectivity index (χ0n) is 15.7. The van der Waals surface area contributed by atoms with Gasteiger partial charge in [-0.15, -0.1) is 0 Å². The van der Waals surface area contributed by atoms with Gasteiger partial charge in [-0.25, -0.2) is 0 Å². The van der Waals surface area contributed by atoms with Crippen LogP contribution < -0.4 is 4.90 Å². The van der Waals surface area contributed by atoms with Crippen molar-refractivity contribution >= 4 is 17.3 Å². The normalized spacial score (nSPS) is 15.6. The molecule has 0 fully saturated rings. The number of carbonyl (C=O) groups excluding carboxylic acids is 1. The van der Waals surface area contributed by atoms with Crippen LogP contribution in [-0.4, -0.2) is 15.9 Å². The summed E-state index contributed by atoms with van der Waals surface area (Å²) in [7, 11) is 0. The molecule has 5 rings (SSSR count). The summed E-state index contributed by atoms with van der Waals surface area (Å²) < 4.78 is 0. The quantitative estimate of drug-likeness (QED) is 0.499. The highest BCUT2D eigenvalue weighted by molar-refractivity contribution is 6.11. The topological polar surface area (TPSA) is 46.1 Å². The van der Waals surface area contributed by atoms with E-state index in [1.165, 1.54) is 0 Å². The van der Waals surface area contributed by atoms with Crippen LogP contribution in [0, 0.1) is 0 Å².